The van der Waals surface area contributed by atoms with Crippen LogP contribution in [0.4, 0.5) is 0 Å². The van der Waals surface area contributed by atoms with Gasteiger partial charge in [-0.2, -0.15) is 0 Å². The van der Waals surface area contributed by atoms with E-state index in [1.165, 1.54) is 38.3 Å². The first-order valence-electron chi connectivity index (χ1n) is 8.17. The molecule has 0 unspecified atom stereocenters. The van der Waals surface area contributed by atoms with Crippen molar-refractivity contribution in [1.29, 1.82) is 0 Å². The van der Waals surface area contributed by atoms with Crippen molar-refractivity contribution in [3.63, 3.8) is 0 Å². The zero-order valence-corrected chi connectivity index (χ0v) is 19.0. The number of aryl methyl sites for hydroxylation is 2. The van der Waals surface area contributed by atoms with Crippen LogP contribution < -0.4 is 0 Å². The zero-order chi connectivity index (χ0) is 17.1. The molecule has 0 atom stereocenters. The average Bonchev–Trinajstić information content (AvgIpc) is 2.54. The third kappa shape index (κ3) is 4.10. The third-order valence-corrected chi connectivity index (χ3v) is 11.3. The van der Waals surface area contributed by atoms with Crippen LogP contribution in [0.5, 0.6) is 0 Å². The molecule has 24 heavy (non-hydrogen) atoms. The van der Waals surface area contributed by atoms with E-state index in [1.807, 2.05) is 0 Å². The normalized spacial score (nSPS) is 11.0. The Kier molecular flexibility index (Phi) is 5.79. The second kappa shape index (κ2) is 7.85. The maximum absolute atomic E-state index is 2.47. The van der Waals surface area contributed by atoms with Gasteiger partial charge in [0.15, 0.2) is 0 Å². The van der Waals surface area contributed by atoms with E-state index in [2.05, 4.69) is 98.4 Å². The molecule has 0 bridgehead atoms. The summed E-state index contributed by atoms with van der Waals surface area (Å²) in [6.07, 6.45) is 0. The monoisotopic (exact) mass is 528 g/mol. The van der Waals surface area contributed by atoms with Crippen LogP contribution in [0.1, 0.15) is 11.1 Å². The quantitative estimate of drug-likeness (QED) is 0.330. The van der Waals surface area contributed by atoms with Gasteiger partial charge in [0.25, 0.3) is 0 Å². The molecule has 2 heteroatoms. The molecule has 0 N–H and O–H groups in total. The van der Waals surface area contributed by atoms with E-state index in [0.29, 0.717) is 0 Å². The topological polar surface area (TPSA) is 0 Å². The first-order chi connectivity index (χ1) is 11.5. The van der Waals surface area contributed by atoms with Crippen LogP contribution >= 0.6 is 8.52 Å². The Bertz CT molecular complexity index is 788. The summed E-state index contributed by atoms with van der Waals surface area (Å²) < 4.78 is 4.93. The van der Waals surface area contributed by atoms with Crippen molar-refractivity contribution in [1.82, 2.24) is 0 Å². The van der Waals surface area contributed by atoms with Gasteiger partial charge in [-0.1, -0.05) is 0 Å². The molecule has 3 aromatic carbocycles. The second-order valence-corrected chi connectivity index (χ2v) is 21.8. The minimum absolute atomic E-state index is 1.32. The van der Waals surface area contributed by atoms with E-state index in [1.54, 1.807) is 0 Å². The van der Waals surface area contributed by atoms with Crippen LogP contribution in [0.15, 0.2) is 71.6 Å². The molecule has 0 radical (unpaired) electrons. The van der Waals surface area contributed by atoms with E-state index in [9.17, 15) is 0 Å². The van der Waals surface area contributed by atoms with E-state index >= 15 is 0 Å². The second-order valence-electron chi connectivity index (χ2n) is 6.32. The molecule has 0 saturated heterocycles. The van der Waals surface area contributed by atoms with Crippen LogP contribution in [0, 0.1) is 13.8 Å². The van der Waals surface area contributed by atoms with Gasteiger partial charge in [-0.05, 0) is 0 Å². The molecule has 0 spiro atoms. The van der Waals surface area contributed by atoms with Gasteiger partial charge in [0.2, 0.25) is 0 Å². The van der Waals surface area contributed by atoms with Crippen LogP contribution in [-0.4, -0.2) is 20.3 Å². The average molecular weight is 528 g/mol. The molecule has 0 aliphatic carbocycles. The van der Waals surface area contributed by atoms with Gasteiger partial charge < -0.3 is 0 Å². The summed E-state index contributed by atoms with van der Waals surface area (Å²) in [6.45, 7) is 4.34. The molecule has 3 rings (SSSR count). The fraction of sp³-hybridized carbons (Fsp3) is 0.182. The number of benzene rings is 3. The molecule has 0 aromatic heterocycles. The molecule has 0 fully saturated rings. The van der Waals surface area contributed by atoms with Gasteiger partial charge in [-0.25, -0.2) is 0 Å². The molecule has 0 aliphatic rings. The van der Waals surface area contributed by atoms with Gasteiger partial charge in [0.1, 0.15) is 0 Å². The predicted molar refractivity (Wildman–Crippen MR) is 110 cm³/mol. The fourth-order valence-electron chi connectivity index (χ4n) is 2.90. The van der Waals surface area contributed by atoms with Gasteiger partial charge >= 0.3 is 157 Å². The summed E-state index contributed by atoms with van der Waals surface area (Å²) in [6, 6.07) is 24.5. The van der Waals surface area contributed by atoms with Crippen molar-refractivity contribution in [3.05, 3.63) is 77.9 Å². The van der Waals surface area contributed by atoms with Gasteiger partial charge in [-0.15, -0.1) is 0 Å². The molecule has 0 nitrogen and oxygen atoms in total. The Morgan fingerprint density at radius 1 is 0.667 bits per heavy atom. The molecule has 3 aromatic rings. The number of hydrogen-bond donors (Lipinski definition) is 0. The number of hydrogen-bond acceptors (Lipinski definition) is 1. The van der Waals surface area contributed by atoms with Crippen LogP contribution in [0.25, 0.3) is 22.3 Å². The molecule has 122 valence electrons. The first-order valence-corrected chi connectivity index (χ1v) is 20.2. The SMILES string of the molecule is Cc1cccc(-c2cccc(-c3cccc(C)c3)c2[S][Bi]([CH3])[CH3])c1. The molecule has 0 aliphatic heterocycles. The van der Waals surface area contributed by atoms with Crippen molar-refractivity contribution in [3.8, 4) is 22.3 Å². The molecule has 0 saturated carbocycles. The van der Waals surface area contributed by atoms with Crippen molar-refractivity contribution in [2.75, 3.05) is 0 Å². The zero-order valence-electron chi connectivity index (χ0n) is 14.7. The Morgan fingerprint density at radius 3 is 1.54 bits per heavy atom. The van der Waals surface area contributed by atoms with Crippen molar-refractivity contribution in [2.24, 2.45) is 0 Å². The Morgan fingerprint density at radius 2 is 1.12 bits per heavy atom. The van der Waals surface area contributed by atoms with Gasteiger partial charge in [0, 0.05) is 0 Å². The summed E-state index contributed by atoms with van der Waals surface area (Å²) in [5.74, 6) is 0. The van der Waals surface area contributed by atoms with Crippen molar-refractivity contribution >= 4 is 28.8 Å². The van der Waals surface area contributed by atoms with E-state index in [0.717, 1.165) is 0 Å². The number of rotatable bonds is 4. The van der Waals surface area contributed by atoms with Crippen molar-refractivity contribution < 1.29 is 0 Å². The minimum atomic E-state index is -1.44. The van der Waals surface area contributed by atoms with E-state index < -0.39 is 20.3 Å². The van der Waals surface area contributed by atoms with Crippen LogP contribution in [0.3, 0.4) is 0 Å². The predicted octanol–water partition coefficient (Wildman–Crippen LogP) is 6.98. The summed E-state index contributed by atoms with van der Waals surface area (Å²) in [5, 5.41) is 0. The van der Waals surface area contributed by atoms with Crippen LogP contribution in [-0.2, 0) is 0 Å². The summed E-state index contributed by atoms with van der Waals surface area (Å²) >= 11 is -1.44. The molecule has 0 amide bonds. The maximum atomic E-state index is 2.47. The summed E-state index contributed by atoms with van der Waals surface area (Å²) in [4.78, 5) is 1.47. The van der Waals surface area contributed by atoms with Gasteiger partial charge in [0.05, 0.1) is 0 Å². The molecule has 0 heterocycles. The van der Waals surface area contributed by atoms with Gasteiger partial charge in [-0.3, -0.25) is 0 Å². The first kappa shape index (κ1) is 17.7. The van der Waals surface area contributed by atoms with E-state index in [-0.39, 0.29) is 0 Å². The van der Waals surface area contributed by atoms with Crippen LogP contribution in [0.2, 0.25) is 9.26 Å². The molecular weight excluding hydrogens is 505 g/mol. The fourth-order valence-corrected chi connectivity index (χ4v) is 10.4. The standard InChI is InChI=1S/C20H18S.2CH3.Bi/c1-14-6-3-8-16(12-14)18-10-5-11-19(20(18)21)17-9-4-7-15(2)13-17;;;/h3-13,21H,1-2H3;2*1H3;/q;;;+1/p-1. The third-order valence-electron chi connectivity index (χ3n) is 3.95. The summed E-state index contributed by atoms with van der Waals surface area (Å²) in [7, 11) is 2.16. The summed E-state index contributed by atoms with van der Waals surface area (Å²) in [5.41, 5.74) is 8.06. The Labute approximate surface area is 156 Å². The Balaban J connectivity index is 2.21. The Hall–Kier alpha value is -1.11. The van der Waals surface area contributed by atoms with E-state index in [4.69, 9.17) is 0 Å². The van der Waals surface area contributed by atoms with Crippen molar-refractivity contribution in [2.45, 2.75) is 28.0 Å². The molecular formula is C22H23BiS.